The van der Waals surface area contributed by atoms with Crippen LogP contribution in [-0.4, -0.2) is 56.7 Å². The van der Waals surface area contributed by atoms with E-state index in [9.17, 15) is 0 Å². The lowest BCUT2D eigenvalue weighted by Gasteiger charge is -2.28. The van der Waals surface area contributed by atoms with E-state index in [1.807, 2.05) is 0 Å². The molecule has 112 valence electrons. The highest BCUT2D eigenvalue weighted by Gasteiger charge is 2.32. The van der Waals surface area contributed by atoms with Gasteiger partial charge in [-0.1, -0.05) is 26.7 Å². The molecular weight excluding hydrogens is 242 g/mol. The van der Waals surface area contributed by atoms with Gasteiger partial charge < -0.3 is 14.2 Å². The van der Waals surface area contributed by atoms with Crippen molar-refractivity contribution >= 4 is 0 Å². The standard InChI is InChI=1S/C15H29NO3/c1-3-5-6-13(4-2)15-18-12-14(19-15)11-16-7-9-17-10-8-16/h13-15H,3-12H2,1-2H3/t13-,14+,15+/m1/s1. The number of rotatable bonds is 7. The molecule has 2 aliphatic heterocycles. The third-order valence-corrected chi connectivity index (χ3v) is 4.18. The molecule has 2 aliphatic rings. The van der Waals surface area contributed by atoms with Crippen LogP contribution in [0.25, 0.3) is 0 Å². The largest absolute Gasteiger partial charge is 0.379 e. The Labute approximate surface area is 117 Å². The molecule has 0 spiro atoms. The fourth-order valence-electron chi connectivity index (χ4n) is 2.88. The zero-order valence-corrected chi connectivity index (χ0v) is 12.5. The van der Waals surface area contributed by atoms with E-state index in [0.29, 0.717) is 5.92 Å². The van der Waals surface area contributed by atoms with E-state index < -0.39 is 0 Å². The quantitative estimate of drug-likeness (QED) is 0.711. The van der Waals surface area contributed by atoms with E-state index in [0.717, 1.165) is 45.9 Å². The van der Waals surface area contributed by atoms with Crippen LogP contribution in [-0.2, 0) is 14.2 Å². The van der Waals surface area contributed by atoms with Crippen molar-refractivity contribution in [2.24, 2.45) is 5.92 Å². The summed E-state index contributed by atoms with van der Waals surface area (Å²) in [4.78, 5) is 2.42. The van der Waals surface area contributed by atoms with Crippen LogP contribution < -0.4 is 0 Å². The van der Waals surface area contributed by atoms with Gasteiger partial charge in [0, 0.05) is 25.6 Å². The van der Waals surface area contributed by atoms with E-state index >= 15 is 0 Å². The zero-order valence-electron chi connectivity index (χ0n) is 12.5. The summed E-state index contributed by atoms with van der Waals surface area (Å²) < 4.78 is 17.4. The normalized spacial score (nSPS) is 30.6. The highest BCUT2D eigenvalue weighted by molar-refractivity contribution is 4.75. The molecule has 2 rings (SSSR count). The first-order valence-electron chi connectivity index (χ1n) is 7.90. The fourth-order valence-corrected chi connectivity index (χ4v) is 2.88. The molecule has 2 fully saturated rings. The lowest BCUT2D eigenvalue weighted by Crippen LogP contribution is -2.41. The molecule has 0 amide bonds. The monoisotopic (exact) mass is 271 g/mol. The van der Waals surface area contributed by atoms with Gasteiger partial charge >= 0.3 is 0 Å². The number of ether oxygens (including phenoxy) is 3. The summed E-state index contributed by atoms with van der Waals surface area (Å²) >= 11 is 0. The van der Waals surface area contributed by atoms with E-state index in [2.05, 4.69) is 18.7 Å². The summed E-state index contributed by atoms with van der Waals surface area (Å²) in [5.41, 5.74) is 0. The van der Waals surface area contributed by atoms with Crippen molar-refractivity contribution in [3.8, 4) is 0 Å². The van der Waals surface area contributed by atoms with Gasteiger partial charge in [0.25, 0.3) is 0 Å². The van der Waals surface area contributed by atoms with Crippen molar-refractivity contribution in [1.29, 1.82) is 0 Å². The van der Waals surface area contributed by atoms with Crippen molar-refractivity contribution < 1.29 is 14.2 Å². The Balaban J connectivity index is 1.71. The number of nitrogens with zero attached hydrogens (tertiary/aromatic N) is 1. The first-order valence-corrected chi connectivity index (χ1v) is 7.90. The molecule has 0 aromatic heterocycles. The lowest BCUT2D eigenvalue weighted by atomic mass is 9.99. The van der Waals surface area contributed by atoms with Gasteiger partial charge in [-0.3, -0.25) is 4.90 Å². The maximum atomic E-state index is 6.11. The minimum Gasteiger partial charge on any atom is -0.379 e. The van der Waals surface area contributed by atoms with Crippen LogP contribution in [0.5, 0.6) is 0 Å². The molecule has 3 atom stereocenters. The van der Waals surface area contributed by atoms with Gasteiger partial charge in [0.15, 0.2) is 6.29 Å². The Morgan fingerprint density at radius 3 is 2.68 bits per heavy atom. The van der Waals surface area contributed by atoms with E-state index in [1.165, 1.54) is 19.3 Å². The van der Waals surface area contributed by atoms with Crippen molar-refractivity contribution in [3.05, 3.63) is 0 Å². The molecule has 0 radical (unpaired) electrons. The smallest absolute Gasteiger partial charge is 0.161 e. The summed E-state index contributed by atoms with van der Waals surface area (Å²) in [6.45, 7) is 9.98. The summed E-state index contributed by atoms with van der Waals surface area (Å²) in [7, 11) is 0. The Kier molecular flexibility index (Phi) is 6.57. The second kappa shape index (κ2) is 8.20. The van der Waals surface area contributed by atoms with Crippen LogP contribution in [0.3, 0.4) is 0 Å². The first kappa shape index (κ1) is 15.2. The van der Waals surface area contributed by atoms with E-state index in [1.54, 1.807) is 0 Å². The molecule has 4 heteroatoms. The van der Waals surface area contributed by atoms with E-state index in [-0.39, 0.29) is 12.4 Å². The van der Waals surface area contributed by atoms with Gasteiger partial charge in [0.2, 0.25) is 0 Å². The molecule has 4 nitrogen and oxygen atoms in total. The van der Waals surface area contributed by atoms with E-state index in [4.69, 9.17) is 14.2 Å². The van der Waals surface area contributed by atoms with Crippen LogP contribution in [0.2, 0.25) is 0 Å². The second-order valence-electron chi connectivity index (χ2n) is 5.68. The molecular formula is C15H29NO3. The summed E-state index contributed by atoms with van der Waals surface area (Å²) in [6, 6.07) is 0. The molecule has 0 saturated carbocycles. The van der Waals surface area contributed by atoms with Crippen molar-refractivity contribution in [1.82, 2.24) is 4.90 Å². The maximum Gasteiger partial charge on any atom is 0.161 e. The molecule has 0 unspecified atom stereocenters. The highest BCUT2D eigenvalue weighted by Crippen LogP contribution is 2.26. The Bertz CT molecular complexity index is 244. The SMILES string of the molecule is CCCC[C@@H](CC)[C@H]1OC[C@H](CN2CCOCC2)O1. The first-order chi connectivity index (χ1) is 9.33. The van der Waals surface area contributed by atoms with Gasteiger partial charge in [-0.2, -0.15) is 0 Å². The average molecular weight is 271 g/mol. The summed E-state index contributed by atoms with van der Waals surface area (Å²) in [5.74, 6) is 0.564. The van der Waals surface area contributed by atoms with Gasteiger partial charge in [0.05, 0.1) is 25.9 Å². The predicted molar refractivity (Wildman–Crippen MR) is 75.2 cm³/mol. The van der Waals surface area contributed by atoms with Crippen LogP contribution in [0.1, 0.15) is 39.5 Å². The van der Waals surface area contributed by atoms with Crippen LogP contribution >= 0.6 is 0 Å². The Morgan fingerprint density at radius 2 is 2.00 bits per heavy atom. The van der Waals surface area contributed by atoms with Crippen molar-refractivity contribution in [3.63, 3.8) is 0 Å². The van der Waals surface area contributed by atoms with Gasteiger partial charge in [-0.25, -0.2) is 0 Å². The molecule has 19 heavy (non-hydrogen) atoms. The van der Waals surface area contributed by atoms with Gasteiger partial charge in [0.1, 0.15) is 0 Å². The van der Waals surface area contributed by atoms with Crippen LogP contribution in [0, 0.1) is 5.92 Å². The molecule has 2 heterocycles. The van der Waals surface area contributed by atoms with Crippen molar-refractivity contribution in [2.45, 2.75) is 51.9 Å². The third-order valence-electron chi connectivity index (χ3n) is 4.18. The molecule has 0 aliphatic carbocycles. The number of hydrogen-bond acceptors (Lipinski definition) is 4. The van der Waals surface area contributed by atoms with Gasteiger partial charge in [-0.05, 0) is 12.8 Å². The maximum absolute atomic E-state index is 6.11. The van der Waals surface area contributed by atoms with Gasteiger partial charge in [-0.15, -0.1) is 0 Å². The van der Waals surface area contributed by atoms with Crippen LogP contribution in [0.15, 0.2) is 0 Å². The fraction of sp³-hybridized carbons (Fsp3) is 1.00. The van der Waals surface area contributed by atoms with Crippen LogP contribution in [0.4, 0.5) is 0 Å². The second-order valence-corrected chi connectivity index (χ2v) is 5.68. The molecule has 0 aromatic carbocycles. The topological polar surface area (TPSA) is 30.9 Å². The number of hydrogen-bond donors (Lipinski definition) is 0. The van der Waals surface area contributed by atoms with Crippen molar-refractivity contribution in [2.75, 3.05) is 39.5 Å². The number of morpholine rings is 1. The molecule has 2 saturated heterocycles. The lowest BCUT2D eigenvalue weighted by molar-refractivity contribution is -0.104. The summed E-state index contributed by atoms with van der Waals surface area (Å²) in [6.07, 6.45) is 5.18. The highest BCUT2D eigenvalue weighted by atomic mass is 16.7. The zero-order chi connectivity index (χ0) is 13.5. The third kappa shape index (κ3) is 4.71. The Morgan fingerprint density at radius 1 is 1.21 bits per heavy atom. The predicted octanol–water partition coefficient (Wildman–Crippen LogP) is 2.28. The Hall–Kier alpha value is -0.160. The average Bonchev–Trinajstić information content (AvgIpc) is 2.89. The molecule has 0 aromatic rings. The minimum absolute atomic E-state index is 0.0302. The number of unbranched alkanes of at least 4 members (excludes halogenated alkanes) is 1. The molecule has 0 bridgehead atoms. The molecule has 0 N–H and O–H groups in total. The minimum atomic E-state index is 0.0302. The summed E-state index contributed by atoms with van der Waals surface area (Å²) in [5, 5.41) is 0.